The summed E-state index contributed by atoms with van der Waals surface area (Å²) in [5, 5.41) is 16.9. The normalized spacial score (nSPS) is 16.4. The topological polar surface area (TPSA) is 49.2 Å². The van der Waals surface area contributed by atoms with E-state index in [1.165, 1.54) is 48.8 Å². The number of hydrogen-bond donors (Lipinski definition) is 3. The molecule has 1 aromatic carbocycles. The van der Waals surface area contributed by atoms with Crippen LogP contribution in [0.5, 0.6) is 0 Å². The zero-order valence-electron chi connectivity index (χ0n) is 13.2. The molecule has 0 atom stereocenters. The molecule has 0 spiro atoms. The van der Waals surface area contributed by atoms with Gasteiger partial charge in [0, 0.05) is 36.7 Å². The van der Waals surface area contributed by atoms with E-state index < -0.39 is 0 Å². The number of aliphatic hydroxyl groups excluding tert-OH is 1. The van der Waals surface area contributed by atoms with Crippen LogP contribution in [-0.4, -0.2) is 35.9 Å². The number of fused-ring (bicyclic) bond motifs is 1. The van der Waals surface area contributed by atoms with Crippen LogP contribution >= 0.6 is 0 Å². The number of nitrogens with one attached hydrogen (secondary N) is 2. The van der Waals surface area contributed by atoms with Crippen molar-refractivity contribution >= 4 is 10.9 Å². The molecule has 3 rings (SSSR count). The Hall–Kier alpha value is -1.36. The quantitative estimate of drug-likeness (QED) is 0.687. The second-order valence-corrected chi connectivity index (χ2v) is 6.24. The molecule has 0 amide bonds. The second kappa shape index (κ2) is 7.77. The van der Waals surface area contributed by atoms with Crippen molar-refractivity contribution in [2.45, 2.75) is 32.4 Å². The summed E-state index contributed by atoms with van der Waals surface area (Å²) in [6, 6.07) is 8.75. The molecule has 0 unspecified atom stereocenters. The van der Waals surface area contributed by atoms with E-state index >= 15 is 0 Å². The average Bonchev–Trinajstić information content (AvgIpc) is 2.98. The van der Waals surface area contributed by atoms with Crippen molar-refractivity contribution in [3.63, 3.8) is 0 Å². The molecule has 0 bridgehead atoms. The van der Waals surface area contributed by atoms with Crippen LogP contribution in [0.25, 0.3) is 10.9 Å². The number of aliphatic hydroxyl groups is 1. The van der Waals surface area contributed by atoms with Gasteiger partial charge in [-0.25, -0.2) is 0 Å². The first-order valence-electron chi connectivity index (χ1n) is 8.47. The van der Waals surface area contributed by atoms with Gasteiger partial charge in [-0.3, -0.25) is 0 Å². The van der Waals surface area contributed by atoms with E-state index in [1.54, 1.807) is 0 Å². The highest BCUT2D eigenvalue weighted by Gasteiger charge is 2.13. The van der Waals surface area contributed by atoms with Crippen LogP contribution < -0.4 is 10.6 Å². The summed E-state index contributed by atoms with van der Waals surface area (Å²) in [5.41, 5.74) is 2.64. The first kappa shape index (κ1) is 15.5. The van der Waals surface area contributed by atoms with Crippen LogP contribution in [0.3, 0.4) is 0 Å². The van der Waals surface area contributed by atoms with Gasteiger partial charge < -0.3 is 20.3 Å². The molecule has 4 heteroatoms. The summed E-state index contributed by atoms with van der Waals surface area (Å²) in [6.45, 7) is 5.12. The number of benzene rings is 1. The van der Waals surface area contributed by atoms with Crippen LogP contribution in [0.1, 0.15) is 24.8 Å². The van der Waals surface area contributed by atoms with Crippen LogP contribution in [0, 0.1) is 5.92 Å². The van der Waals surface area contributed by atoms with Gasteiger partial charge in [0.2, 0.25) is 0 Å². The summed E-state index contributed by atoms with van der Waals surface area (Å²) in [5.74, 6) is 0.869. The highest BCUT2D eigenvalue weighted by molar-refractivity contribution is 5.83. The summed E-state index contributed by atoms with van der Waals surface area (Å²) < 4.78 is 2.40. The Kier molecular flexibility index (Phi) is 5.48. The summed E-state index contributed by atoms with van der Waals surface area (Å²) in [7, 11) is 0. The number of hydrogen-bond acceptors (Lipinski definition) is 3. The van der Waals surface area contributed by atoms with E-state index in [9.17, 15) is 0 Å². The van der Waals surface area contributed by atoms with Crippen molar-refractivity contribution in [2.75, 3.05) is 26.2 Å². The van der Waals surface area contributed by atoms with Crippen molar-refractivity contribution < 1.29 is 5.11 Å². The average molecular weight is 301 g/mol. The van der Waals surface area contributed by atoms with E-state index in [0.717, 1.165) is 19.0 Å². The van der Waals surface area contributed by atoms with Gasteiger partial charge in [-0.15, -0.1) is 0 Å². The Morgan fingerprint density at radius 2 is 2.09 bits per heavy atom. The maximum atomic E-state index is 8.88. The molecule has 2 heterocycles. The third-order valence-corrected chi connectivity index (χ3v) is 4.74. The summed E-state index contributed by atoms with van der Waals surface area (Å²) >= 11 is 0. The number of aryl methyl sites for hydroxylation is 1. The molecule has 2 aromatic rings. The highest BCUT2D eigenvalue weighted by Crippen LogP contribution is 2.23. The lowest BCUT2D eigenvalue weighted by molar-refractivity contribution is 0.292. The minimum absolute atomic E-state index is 0.188. The molecule has 1 saturated heterocycles. The van der Waals surface area contributed by atoms with Crippen molar-refractivity contribution in [1.29, 1.82) is 0 Å². The minimum atomic E-state index is 0.188. The molecule has 1 aliphatic rings. The molecule has 4 nitrogen and oxygen atoms in total. The van der Waals surface area contributed by atoms with Crippen molar-refractivity contribution in [1.82, 2.24) is 15.2 Å². The van der Waals surface area contributed by atoms with Crippen molar-refractivity contribution in [2.24, 2.45) is 5.92 Å². The maximum absolute atomic E-state index is 8.88. The van der Waals surface area contributed by atoms with E-state index in [1.807, 2.05) is 0 Å². The Morgan fingerprint density at radius 3 is 2.91 bits per heavy atom. The standard InChI is InChI=1S/C18H27N3O/c22-13-10-20-14-16-2-1-3-18-17(16)7-12-21(18)11-6-15-4-8-19-9-5-15/h1-3,7,12,15,19-20,22H,4-6,8-11,13-14H2. The number of nitrogens with zero attached hydrogens (tertiary/aromatic N) is 1. The van der Waals surface area contributed by atoms with Crippen LogP contribution in [0.4, 0.5) is 0 Å². The van der Waals surface area contributed by atoms with Gasteiger partial charge in [-0.1, -0.05) is 12.1 Å². The molecular formula is C18H27N3O. The zero-order valence-corrected chi connectivity index (χ0v) is 13.2. The predicted molar refractivity (Wildman–Crippen MR) is 90.9 cm³/mol. The molecule has 3 N–H and O–H groups in total. The molecule has 0 saturated carbocycles. The third-order valence-electron chi connectivity index (χ3n) is 4.74. The molecule has 1 aliphatic heterocycles. The lowest BCUT2D eigenvalue weighted by atomic mass is 9.95. The van der Waals surface area contributed by atoms with Gasteiger partial charge in [-0.2, -0.15) is 0 Å². The number of aromatic nitrogens is 1. The molecule has 1 aromatic heterocycles. The monoisotopic (exact) mass is 301 g/mol. The van der Waals surface area contributed by atoms with E-state index in [2.05, 4.69) is 45.7 Å². The molecule has 1 fully saturated rings. The minimum Gasteiger partial charge on any atom is -0.395 e. The number of rotatable bonds is 7. The molecule has 0 radical (unpaired) electrons. The van der Waals surface area contributed by atoms with Crippen LogP contribution in [-0.2, 0) is 13.1 Å². The molecule has 22 heavy (non-hydrogen) atoms. The summed E-state index contributed by atoms with van der Waals surface area (Å²) in [4.78, 5) is 0. The van der Waals surface area contributed by atoms with Gasteiger partial charge in [0.05, 0.1) is 6.61 Å². The summed E-state index contributed by atoms with van der Waals surface area (Å²) in [6.07, 6.45) is 6.13. The molecule has 0 aliphatic carbocycles. The number of piperidine rings is 1. The zero-order chi connectivity index (χ0) is 15.2. The predicted octanol–water partition coefficient (Wildman–Crippen LogP) is 2.11. The van der Waals surface area contributed by atoms with E-state index in [-0.39, 0.29) is 6.61 Å². The van der Waals surface area contributed by atoms with Crippen LogP contribution in [0.2, 0.25) is 0 Å². The lowest BCUT2D eigenvalue weighted by Gasteiger charge is -2.22. The lowest BCUT2D eigenvalue weighted by Crippen LogP contribution is -2.28. The van der Waals surface area contributed by atoms with Crippen molar-refractivity contribution in [3.05, 3.63) is 36.0 Å². The Balaban J connectivity index is 1.67. The SMILES string of the molecule is OCCNCc1cccc2c1ccn2CCC1CCNCC1. The van der Waals surface area contributed by atoms with Crippen LogP contribution in [0.15, 0.2) is 30.5 Å². The third kappa shape index (κ3) is 3.69. The second-order valence-electron chi connectivity index (χ2n) is 6.24. The van der Waals surface area contributed by atoms with Gasteiger partial charge in [0.1, 0.15) is 0 Å². The first-order chi connectivity index (χ1) is 10.9. The Bertz CT molecular complexity index is 587. The maximum Gasteiger partial charge on any atom is 0.0556 e. The smallest absolute Gasteiger partial charge is 0.0556 e. The van der Waals surface area contributed by atoms with Gasteiger partial charge in [-0.05, 0) is 56.0 Å². The van der Waals surface area contributed by atoms with E-state index in [4.69, 9.17) is 5.11 Å². The first-order valence-corrected chi connectivity index (χ1v) is 8.47. The van der Waals surface area contributed by atoms with E-state index in [0.29, 0.717) is 6.54 Å². The van der Waals surface area contributed by atoms with Gasteiger partial charge in [0.15, 0.2) is 0 Å². The molecule has 120 valence electrons. The Morgan fingerprint density at radius 1 is 1.23 bits per heavy atom. The molecular weight excluding hydrogens is 274 g/mol. The fraction of sp³-hybridized carbons (Fsp3) is 0.556. The van der Waals surface area contributed by atoms with Gasteiger partial charge in [0.25, 0.3) is 0 Å². The fourth-order valence-corrected chi connectivity index (χ4v) is 3.43. The van der Waals surface area contributed by atoms with Gasteiger partial charge >= 0.3 is 0 Å². The fourth-order valence-electron chi connectivity index (χ4n) is 3.43. The van der Waals surface area contributed by atoms with Crippen molar-refractivity contribution in [3.8, 4) is 0 Å². The Labute approximate surface area is 132 Å². The highest BCUT2D eigenvalue weighted by atomic mass is 16.3. The largest absolute Gasteiger partial charge is 0.395 e.